The standard InChI is InChI=1S/C10H13BrO2/c1-3-12-7-13-10-6-9(11)5-4-8(10)2/h4-6H,3,7H2,1-2H3. The van der Waals surface area contributed by atoms with Crippen LogP contribution in [0.3, 0.4) is 0 Å². The van der Waals surface area contributed by atoms with E-state index in [0.717, 1.165) is 15.8 Å². The quantitative estimate of drug-likeness (QED) is 0.599. The molecular weight excluding hydrogens is 232 g/mol. The fourth-order valence-electron chi connectivity index (χ4n) is 0.918. The summed E-state index contributed by atoms with van der Waals surface area (Å²) in [6.45, 7) is 4.94. The Hall–Kier alpha value is -0.540. The highest BCUT2D eigenvalue weighted by Gasteiger charge is 1.99. The number of ether oxygens (including phenoxy) is 2. The molecule has 0 fully saturated rings. The molecule has 1 aromatic rings. The molecule has 1 aromatic carbocycles. The monoisotopic (exact) mass is 244 g/mol. The van der Waals surface area contributed by atoms with Crippen molar-refractivity contribution in [3.05, 3.63) is 28.2 Å². The van der Waals surface area contributed by atoms with Gasteiger partial charge in [-0.1, -0.05) is 22.0 Å². The summed E-state index contributed by atoms with van der Waals surface area (Å²) < 4.78 is 11.5. The van der Waals surface area contributed by atoms with Crippen LogP contribution in [-0.2, 0) is 4.74 Å². The molecule has 1 rings (SSSR count). The molecule has 0 saturated carbocycles. The minimum atomic E-state index is 0.313. The van der Waals surface area contributed by atoms with E-state index in [2.05, 4.69) is 15.9 Å². The molecule has 72 valence electrons. The van der Waals surface area contributed by atoms with Crippen molar-refractivity contribution in [2.24, 2.45) is 0 Å². The first-order chi connectivity index (χ1) is 6.24. The Balaban J connectivity index is 2.59. The third-order valence-electron chi connectivity index (χ3n) is 1.65. The predicted molar refractivity (Wildman–Crippen MR) is 56.0 cm³/mol. The highest BCUT2D eigenvalue weighted by atomic mass is 79.9. The van der Waals surface area contributed by atoms with Gasteiger partial charge in [0.1, 0.15) is 5.75 Å². The minimum Gasteiger partial charge on any atom is -0.467 e. The summed E-state index contributed by atoms with van der Waals surface area (Å²) in [5.74, 6) is 0.864. The molecule has 0 radical (unpaired) electrons. The topological polar surface area (TPSA) is 18.5 Å². The van der Waals surface area contributed by atoms with Gasteiger partial charge in [-0.25, -0.2) is 0 Å². The van der Waals surface area contributed by atoms with E-state index in [1.165, 1.54) is 0 Å². The molecule has 13 heavy (non-hydrogen) atoms. The lowest BCUT2D eigenvalue weighted by atomic mass is 10.2. The van der Waals surface area contributed by atoms with Gasteiger partial charge in [0.25, 0.3) is 0 Å². The molecule has 0 aliphatic carbocycles. The first kappa shape index (κ1) is 10.5. The van der Waals surface area contributed by atoms with Crippen molar-refractivity contribution in [3.63, 3.8) is 0 Å². The molecule has 0 aromatic heterocycles. The average Bonchev–Trinajstić information content (AvgIpc) is 2.11. The second-order valence-electron chi connectivity index (χ2n) is 2.66. The van der Waals surface area contributed by atoms with Crippen LogP contribution in [0.1, 0.15) is 12.5 Å². The Kier molecular flexibility index (Phi) is 4.25. The largest absolute Gasteiger partial charge is 0.467 e. The fraction of sp³-hybridized carbons (Fsp3) is 0.400. The van der Waals surface area contributed by atoms with E-state index in [0.29, 0.717) is 13.4 Å². The van der Waals surface area contributed by atoms with Gasteiger partial charge >= 0.3 is 0 Å². The molecule has 0 atom stereocenters. The lowest BCUT2D eigenvalue weighted by molar-refractivity contribution is 0.0220. The predicted octanol–water partition coefficient (Wildman–Crippen LogP) is 3.13. The number of halogens is 1. The molecule has 0 unspecified atom stereocenters. The lowest BCUT2D eigenvalue weighted by Crippen LogP contribution is -2.02. The minimum absolute atomic E-state index is 0.313. The third kappa shape index (κ3) is 3.36. The van der Waals surface area contributed by atoms with Gasteiger partial charge in [-0.15, -0.1) is 0 Å². The molecule has 0 aliphatic rings. The maximum absolute atomic E-state index is 5.41. The van der Waals surface area contributed by atoms with Crippen molar-refractivity contribution >= 4 is 15.9 Å². The van der Waals surface area contributed by atoms with Gasteiger partial charge in [-0.3, -0.25) is 0 Å². The summed E-state index contributed by atoms with van der Waals surface area (Å²) in [6.07, 6.45) is 0. The number of aryl methyl sites for hydroxylation is 1. The molecule has 0 N–H and O–H groups in total. The molecule has 0 saturated heterocycles. The zero-order valence-electron chi connectivity index (χ0n) is 7.84. The molecule has 0 aliphatic heterocycles. The van der Waals surface area contributed by atoms with Crippen LogP contribution in [0.5, 0.6) is 5.75 Å². The number of hydrogen-bond donors (Lipinski definition) is 0. The van der Waals surface area contributed by atoms with Crippen molar-refractivity contribution < 1.29 is 9.47 Å². The van der Waals surface area contributed by atoms with Crippen LogP contribution in [0.25, 0.3) is 0 Å². The maximum Gasteiger partial charge on any atom is 0.189 e. The van der Waals surface area contributed by atoms with E-state index in [-0.39, 0.29) is 0 Å². The summed E-state index contributed by atoms with van der Waals surface area (Å²) in [6, 6.07) is 5.93. The van der Waals surface area contributed by atoms with Crippen LogP contribution in [0.4, 0.5) is 0 Å². The van der Waals surface area contributed by atoms with E-state index in [1.807, 2.05) is 32.0 Å². The number of benzene rings is 1. The second kappa shape index (κ2) is 5.25. The summed E-state index contributed by atoms with van der Waals surface area (Å²) in [4.78, 5) is 0. The van der Waals surface area contributed by atoms with E-state index < -0.39 is 0 Å². The number of rotatable bonds is 4. The Morgan fingerprint density at radius 3 is 2.85 bits per heavy atom. The molecule has 0 spiro atoms. The Labute approximate surface area is 87.0 Å². The summed E-state index contributed by atoms with van der Waals surface area (Å²) in [5, 5.41) is 0. The van der Waals surface area contributed by atoms with Crippen molar-refractivity contribution in [1.82, 2.24) is 0 Å². The Bertz CT molecular complexity index is 274. The van der Waals surface area contributed by atoms with Gasteiger partial charge in [-0.2, -0.15) is 0 Å². The maximum atomic E-state index is 5.41. The van der Waals surface area contributed by atoms with Gasteiger partial charge < -0.3 is 9.47 Å². The average molecular weight is 245 g/mol. The van der Waals surface area contributed by atoms with E-state index in [4.69, 9.17) is 9.47 Å². The lowest BCUT2D eigenvalue weighted by Gasteiger charge is -2.08. The van der Waals surface area contributed by atoms with E-state index >= 15 is 0 Å². The zero-order chi connectivity index (χ0) is 9.68. The third-order valence-corrected chi connectivity index (χ3v) is 2.15. The van der Waals surface area contributed by atoms with Crippen LogP contribution in [0.15, 0.2) is 22.7 Å². The van der Waals surface area contributed by atoms with Crippen molar-refractivity contribution in [2.75, 3.05) is 13.4 Å². The van der Waals surface area contributed by atoms with Gasteiger partial charge in [0.15, 0.2) is 6.79 Å². The highest BCUT2D eigenvalue weighted by Crippen LogP contribution is 2.22. The Morgan fingerprint density at radius 1 is 1.38 bits per heavy atom. The van der Waals surface area contributed by atoms with Gasteiger partial charge in [0, 0.05) is 11.1 Å². The summed E-state index contributed by atoms with van der Waals surface area (Å²) >= 11 is 3.38. The smallest absolute Gasteiger partial charge is 0.189 e. The second-order valence-corrected chi connectivity index (χ2v) is 3.58. The zero-order valence-corrected chi connectivity index (χ0v) is 9.43. The van der Waals surface area contributed by atoms with Crippen molar-refractivity contribution in [3.8, 4) is 5.75 Å². The van der Waals surface area contributed by atoms with Crippen LogP contribution in [0, 0.1) is 6.92 Å². The van der Waals surface area contributed by atoms with Crippen molar-refractivity contribution in [1.29, 1.82) is 0 Å². The van der Waals surface area contributed by atoms with E-state index in [1.54, 1.807) is 0 Å². The number of hydrogen-bond acceptors (Lipinski definition) is 2. The molecular formula is C10H13BrO2. The molecule has 0 heterocycles. The first-order valence-corrected chi connectivity index (χ1v) is 5.00. The van der Waals surface area contributed by atoms with Gasteiger partial charge in [-0.05, 0) is 31.5 Å². The molecule has 0 amide bonds. The van der Waals surface area contributed by atoms with Crippen LogP contribution in [-0.4, -0.2) is 13.4 Å². The van der Waals surface area contributed by atoms with Gasteiger partial charge in [0.2, 0.25) is 0 Å². The summed E-state index contributed by atoms with van der Waals surface area (Å²) in [7, 11) is 0. The van der Waals surface area contributed by atoms with Crippen LogP contribution >= 0.6 is 15.9 Å². The molecule has 3 heteroatoms. The van der Waals surface area contributed by atoms with E-state index in [9.17, 15) is 0 Å². The van der Waals surface area contributed by atoms with Crippen LogP contribution in [0.2, 0.25) is 0 Å². The van der Waals surface area contributed by atoms with Crippen LogP contribution < -0.4 is 4.74 Å². The fourth-order valence-corrected chi connectivity index (χ4v) is 1.26. The van der Waals surface area contributed by atoms with Crippen molar-refractivity contribution in [2.45, 2.75) is 13.8 Å². The van der Waals surface area contributed by atoms with Gasteiger partial charge in [0.05, 0.1) is 0 Å². The SMILES string of the molecule is CCOCOc1cc(Br)ccc1C. The molecule has 0 bridgehead atoms. The summed E-state index contributed by atoms with van der Waals surface area (Å²) in [5.41, 5.74) is 1.11. The molecule has 2 nitrogen and oxygen atoms in total. The highest BCUT2D eigenvalue weighted by molar-refractivity contribution is 9.10. The Morgan fingerprint density at radius 2 is 2.15 bits per heavy atom. The normalized spacial score (nSPS) is 10.1. The first-order valence-electron chi connectivity index (χ1n) is 4.20.